The smallest absolute Gasteiger partial charge is 0.328 e. The number of rotatable bonds is 3. The third-order valence-electron chi connectivity index (χ3n) is 2.53. The van der Waals surface area contributed by atoms with Gasteiger partial charge in [-0.25, -0.2) is 4.79 Å². The molecular weight excluding hydrogens is 286 g/mol. The normalized spacial score (nSPS) is 10.9. The van der Waals surface area contributed by atoms with Gasteiger partial charge in [0.2, 0.25) is 0 Å². The van der Waals surface area contributed by atoms with Gasteiger partial charge in [0.15, 0.2) is 0 Å². The molecule has 5 nitrogen and oxygen atoms in total. The largest absolute Gasteiger partial charge is 0.330 e. The van der Waals surface area contributed by atoms with Gasteiger partial charge in [-0.15, -0.1) is 0 Å². The number of benzene rings is 1. The number of nitrogens with zero attached hydrogens (tertiary/aromatic N) is 1. The van der Waals surface area contributed by atoms with Crippen molar-refractivity contribution in [2.75, 3.05) is 6.54 Å². The Morgan fingerprint density at radius 3 is 2.82 bits per heavy atom. The van der Waals surface area contributed by atoms with Crippen LogP contribution in [-0.2, 0) is 6.54 Å². The van der Waals surface area contributed by atoms with Crippen molar-refractivity contribution in [2.45, 2.75) is 13.0 Å². The number of aromatic nitrogens is 2. The Labute approximate surface area is 105 Å². The van der Waals surface area contributed by atoms with Gasteiger partial charge < -0.3 is 10.7 Å². The Morgan fingerprint density at radius 1 is 1.35 bits per heavy atom. The predicted molar refractivity (Wildman–Crippen MR) is 70.2 cm³/mol. The van der Waals surface area contributed by atoms with Crippen LogP contribution >= 0.6 is 15.9 Å². The fraction of sp³-hybridized carbons (Fsp3) is 0.273. The number of aromatic amines is 1. The molecule has 3 N–H and O–H groups in total. The van der Waals surface area contributed by atoms with E-state index in [1.165, 1.54) is 4.57 Å². The number of hydrogen-bond donors (Lipinski definition) is 2. The Bertz CT molecular complexity index is 660. The molecule has 0 radical (unpaired) electrons. The molecule has 6 heteroatoms. The van der Waals surface area contributed by atoms with Crippen LogP contribution in [0, 0.1) is 0 Å². The van der Waals surface area contributed by atoms with Gasteiger partial charge in [-0.1, -0.05) is 15.9 Å². The zero-order chi connectivity index (χ0) is 12.4. The van der Waals surface area contributed by atoms with Crippen molar-refractivity contribution in [1.29, 1.82) is 0 Å². The lowest BCUT2D eigenvalue weighted by Gasteiger charge is -2.05. The van der Waals surface area contributed by atoms with Crippen LogP contribution in [-0.4, -0.2) is 16.1 Å². The van der Waals surface area contributed by atoms with E-state index in [4.69, 9.17) is 5.73 Å². The SMILES string of the molecule is NCCCn1c(=O)[nH]c2cc(Br)ccc2c1=O. The monoisotopic (exact) mass is 297 g/mol. The number of nitrogens with one attached hydrogen (secondary N) is 1. The second kappa shape index (κ2) is 4.85. The van der Waals surface area contributed by atoms with E-state index in [-0.39, 0.29) is 5.56 Å². The molecule has 1 heterocycles. The molecule has 0 unspecified atom stereocenters. The van der Waals surface area contributed by atoms with Crippen LogP contribution in [0.1, 0.15) is 6.42 Å². The second-order valence-electron chi connectivity index (χ2n) is 3.72. The molecule has 0 saturated carbocycles. The molecule has 1 aromatic heterocycles. The van der Waals surface area contributed by atoms with Crippen LogP contribution in [0.5, 0.6) is 0 Å². The van der Waals surface area contributed by atoms with E-state index in [1.54, 1.807) is 18.2 Å². The molecule has 90 valence electrons. The van der Waals surface area contributed by atoms with E-state index in [0.717, 1.165) is 4.47 Å². The van der Waals surface area contributed by atoms with Crippen molar-refractivity contribution >= 4 is 26.8 Å². The van der Waals surface area contributed by atoms with Gasteiger partial charge in [0.25, 0.3) is 5.56 Å². The molecule has 17 heavy (non-hydrogen) atoms. The van der Waals surface area contributed by atoms with Crippen molar-refractivity contribution in [3.63, 3.8) is 0 Å². The van der Waals surface area contributed by atoms with E-state index in [0.29, 0.717) is 30.4 Å². The minimum absolute atomic E-state index is 0.273. The van der Waals surface area contributed by atoms with E-state index < -0.39 is 5.69 Å². The van der Waals surface area contributed by atoms with E-state index in [1.807, 2.05) is 0 Å². The molecule has 0 aliphatic rings. The van der Waals surface area contributed by atoms with Crippen molar-refractivity contribution in [3.8, 4) is 0 Å². The van der Waals surface area contributed by atoms with Gasteiger partial charge in [-0.3, -0.25) is 9.36 Å². The molecule has 0 aliphatic heterocycles. The number of nitrogens with two attached hydrogens (primary N) is 1. The topological polar surface area (TPSA) is 80.9 Å². The highest BCUT2D eigenvalue weighted by Gasteiger charge is 2.06. The summed E-state index contributed by atoms with van der Waals surface area (Å²) in [6.45, 7) is 0.793. The highest BCUT2D eigenvalue weighted by Crippen LogP contribution is 2.14. The molecule has 0 aliphatic carbocycles. The minimum Gasteiger partial charge on any atom is -0.330 e. The number of halogens is 1. The molecular formula is C11H12BrN3O2. The van der Waals surface area contributed by atoms with Gasteiger partial charge in [-0.2, -0.15) is 0 Å². The van der Waals surface area contributed by atoms with Crippen molar-refractivity contribution in [2.24, 2.45) is 5.73 Å². The summed E-state index contributed by atoms with van der Waals surface area (Å²) in [5.41, 5.74) is 5.25. The van der Waals surface area contributed by atoms with Crippen LogP contribution in [0.4, 0.5) is 0 Å². The van der Waals surface area contributed by atoms with E-state index in [9.17, 15) is 9.59 Å². The quantitative estimate of drug-likeness (QED) is 0.879. The molecule has 0 atom stereocenters. The Kier molecular flexibility index (Phi) is 3.44. The first-order chi connectivity index (χ1) is 8.13. The summed E-state index contributed by atoms with van der Waals surface area (Å²) < 4.78 is 2.00. The molecule has 2 aromatic rings. The zero-order valence-corrected chi connectivity index (χ0v) is 10.7. The third kappa shape index (κ3) is 2.32. The molecule has 0 bridgehead atoms. The highest BCUT2D eigenvalue weighted by molar-refractivity contribution is 9.10. The molecule has 0 amide bonds. The van der Waals surface area contributed by atoms with Crippen molar-refractivity contribution in [3.05, 3.63) is 43.5 Å². The lowest BCUT2D eigenvalue weighted by molar-refractivity contribution is 0.603. The molecule has 2 rings (SSSR count). The molecule has 0 saturated heterocycles. The lowest BCUT2D eigenvalue weighted by atomic mass is 10.2. The Hall–Kier alpha value is -1.40. The van der Waals surface area contributed by atoms with Crippen LogP contribution in [0.15, 0.2) is 32.3 Å². The molecule has 0 fully saturated rings. The summed E-state index contributed by atoms with van der Waals surface area (Å²) in [5, 5.41) is 0.504. The van der Waals surface area contributed by atoms with E-state index in [2.05, 4.69) is 20.9 Å². The summed E-state index contributed by atoms with van der Waals surface area (Å²) in [6, 6.07) is 5.18. The number of fused-ring (bicyclic) bond motifs is 1. The maximum Gasteiger partial charge on any atom is 0.328 e. The van der Waals surface area contributed by atoms with Crippen molar-refractivity contribution < 1.29 is 0 Å². The predicted octanol–water partition coefficient (Wildman–Crippen LogP) is 0.801. The maximum absolute atomic E-state index is 12.1. The summed E-state index contributed by atoms with van der Waals surface area (Å²) in [6.07, 6.45) is 0.602. The van der Waals surface area contributed by atoms with Crippen LogP contribution < -0.4 is 17.0 Å². The average molecular weight is 298 g/mol. The van der Waals surface area contributed by atoms with E-state index >= 15 is 0 Å². The fourth-order valence-electron chi connectivity index (χ4n) is 1.68. The van der Waals surface area contributed by atoms with Gasteiger partial charge in [-0.05, 0) is 31.2 Å². The second-order valence-corrected chi connectivity index (χ2v) is 4.63. The summed E-state index contributed by atoms with van der Waals surface area (Å²) in [5.74, 6) is 0. The summed E-state index contributed by atoms with van der Waals surface area (Å²) in [7, 11) is 0. The van der Waals surface area contributed by atoms with Crippen molar-refractivity contribution in [1.82, 2.24) is 9.55 Å². The first-order valence-corrected chi connectivity index (χ1v) is 6.05. The Balaban J connectivity index is 2.68. The number of hydrogen-bond acceptors (Lipinski definition) is 3. The minimum atomic E-state index is -0.394. The number of H-pyrrole nitrogens is 1. The first-order valence-electron chi connectivity index (χ1n) is 5.26. The van der Waals surface area contributed by atoms with Gasteiger partial charge in [0, 0.05) is 11.0 Å². The van der Waals surface area contributed by atoms with Crippen LogP contribution in [0.25, 0.3) is 10.9 Å². The molecule has 0 spiro atoms. The molecule has 1 aromatic carbocycles. The summed E-state index contributed by atoms with van der Waals surface area (Å²) in [4.78, 5) is 26.5. The lowest BCUT2D eigenvalue weighted by Crippen LogP contribution is -2.35. The Morgan fingerprint density at radius 2 is 2.12 bits per heavy atom. The van der Waals surface area contributed by atoms with Crippen LogP contribution in [0.2, 0.25) is 0 Å². The van der Waals surface area contributed by atoms with Gasteiger partial charge in [0.1, 0.15) is 0 Å². The van der Waals surface area contributed by atoms with Crippen LogP contribution in [0.3, 0.4) is 0 Å². The standard InChI is InChI=1S/C11H12BrN3O2/c12-7-2-3-8-9(6-7)14-11(17)15(10(8)16)5-1-4-13/h2-3,6H,1,4-5,13H2,(H,14,17). The average Bonchev–Trinajstić information content (AvgIpc) is 2.28. The highest BCUT2D eigenvalue weighted by atomic mass is 79.9. The first kappa shape index (κ1) is 12.1. The fourth-order valence-corrected chi connectivity index (χ4v) is 2.04. The maximum atomic E-state index is 12.1. The third-order valence-corrected chi connectivity index (χ3v) is 3.02. The van der Waals surface area contributed by atoms with Gasteiger partial charge >= 0.3 is 5.69 Å². The summed E-state index contributed by atoms with van der Waals surface area (Å²) >= 11 is 3.29. The van der Waals surface area contributed by atoms with Gasteiger partial charge in [0.05, 0.1) is 10.9 Å². The zero-order valence-electron chi connectivity index (χ0n) is 9.07.